The van der Waals surface area contributed by atoms with Crippen LogP contribution in [-0.2, 0) is 12.8 Å². The first-order chi connectivity index (χ1) is 10.2. The van der Waals surface area contributed by atoms with Crippen molar-refractivity contribution < 1.29 is 4.74 Å². The maximum atomic E-state index is 5.56. The molecule has 0 spiro atoms. The number of benzene rings is 1. The summed E-state index contributed by atoms with van der Waals surface area (Å²) in [5.41, 5.74) is 4.07. The molecule has 1 aromatic heterocycles. The fraction of sp³-hybridized carbons (Fsp3) is 0.389. The lowest BCUT2D eigenvalue weighted by atomic mass is 10.0. The number of hydrogen-bond acceptors (Lipinski definition) is 3. The van der Waals surface area contributed by atoms with Crippen molar-refractivity contribution in [3.8, 4) is 5.75 Å². The highest BCUT2D eigenvalue weighted by molar-refractivity contribution is 5.39. The zero-order valence-corrected chi connectivity index (χ0v) is 12.7. The van der Waals surface area contributed by atoms with Gasteiger partial charge >= 0.3 is 0 Å². The van der Waals surface area contributed by atoms with Crippen LogP contribution in [0.4, 0.5) is 0 Å². The zero-order chi connectivity index (χ0) is 14.7. The van der Waals surface area contributed by atoms with Gasteiger partial charge in [0.25, 0.3) is 0 Å². The zero-order valence-electron chi connectivity index (χ0n) is 12.7. The number of fused-ring (bicyclic) bond motifs is 1. The summed E-state index contributed by atoms with van der Waals surface area (Å²) in [5.74, 6) is 1.07. The molecule has 21 heavy (non-hydrogen) atoms. The lowest BCUT2D eigenvalue weighted by molar-refractivity contribution is 0.265. The van der Waals surface area contributed by atoms with Gasteiger partial charge in [-0.2, -0.15) is 0 Å². The molecule has 0 N–H and O–H groups in total. The summed E-state index contributed by atoms with van der Waals surface area (Å²) in [7, 11) is 2.18. The molecule has 0 radical (unpaired) electrons. The minimum absolute atomic E-state index is 0.408. The van der Waals surface area contributed by atoms with Crippen molar-refractivity contribution in [3.63, 3.8) is 0 Å². The highest BCUT2D eigenvalue weighted by Crippen LogP contribution is 2.26. The van der Waals surface area contributed by atoms with Crippen molar-refractivity contribution in [2.24, 2.45) is 0 Å². The molecule has 1 aliphatic heterocycles. The second kappa shape index (κ2) is 6.27. The number of pyridine rings is 1. The monoisotopic (exact) mass is 282 g/mol. The second-order valence-electron chi connectivity index (χ2n) is 5.73. The first kappa shape index (κ1) is 14.1. The van der Waals surface area contributed by atoms with E-state index in [9.17, 15) is 0 Å². The largest absolute Gasteiger partial charge is 0.493 e. The van der Waals surface area contributed by atoms with Gasteiger partial charge in [-0.25, -0.2) is 0 Å². The Hall–Kier alpha value is -1.87. The lowest BCUT2D eigenvalue weighted by Crippen LogP contribution is -2.24. The second-order valence-corrected chi connectivity index (χ2v) is 5.73. The van der Waals surface area contributed by atoms with Gasteiger partial charge in [0.2, 0.25) is 0 Å². The molecule has 0 amide bonds. The van der Waals surface area contributed by atoms with Gasteiger partial charge in [-0.05, 0) is 55.3 Å². The molecule has 3 nitrogen and oxygen atoms in total. The molecular weight excluding hydrogens is 260 g/mol. The van der Waals surface area contributed by atoms with Gasteiger partial charge in [-0.3, -0.25) is 9.88 Å². The third-order valence-electron chi connectivity index (χ3n) is 4.36. The normalized spacial score (nSPS) is 14.8. The predicted molar refractivity (Wildman–Crippen MR) is 84.6 cm³/mol. The van der Waals surface area contributed by atoms with E-state index in [1.807, 2.05) is 12.4 Å². The third kappa shape index (κ3) is 3.24. The maximum Gasteiger partial charge on any atom is 0.122 e. The smallest absolute Gasteiger partial charge is 0.122 e. The Labute approximate surface area is 126 Å². The summed E-state index contributed by atoms with van der Waals surface area (Å²) in [6.07, 6.45) is 5.84. The fourth-order valence-corrected chi connectivity index (χ4v) is 2.79. The minimum Gasteiger partial charge on any atom is -0.493 e. The average molecular weight is 282 g/mol. The van der Waals surface area contributed by atoms with E-state index in [2.05, 4.69) is 54.2 Å². The van der Waals surface area contributed by atoms with Crippen LogP contribution in [-0.4, -0.2) is 30.1 Å². The molecule has 0 unspecified atom stereocenters. The molecule has 110 valence electrons. The van der Waals surface area contributed by atoms with Crippen molar-refractivity contribution >= 4 is 0 Å². The Morgan fingerprint density at radius 3 is 2.86 bits per heavy atom. The molecule has 0 bridgehead atoms. The topological polar surface area (TPSA) is 25.4 Å². The summed E-state index contributed by atoms with van der Waals surface area (Å²) in [6.45, 7) is 4.12. The quantitative estimate of drug-likeness (QED) is 0.841. The van der Waals surface area contributed by atoms with Crippen molar-refractivity contribution in [3.05, 3.63) is 59.4 Å². The van der Waals surface area contributed by atoms with E-state index in [1.165, 1.54) is 16.7 Å². The SMILES string of the molecule is C[C@H](c1ccncc1)N(C)CCc1ccc2c(c1)CCO2. The lowest BCUT2D eigenvalue weighted by Gasteiger charge is -2.25. The third-order valence-corrected chi connectivity index (χ3v) is 4.36. The first-order valence-corrected chi connectivity index (χ1v) is 7.59. The Morgan fingerprint density at radius 1 is 1.24 bits per heavy atom. The molecule has 3 rings (SSSR count). The van der Waals surface area contributed by atoms with Crippen molar-refractivity contribution in [2.45, 2.75) is 25.8 Å². The summed E-state index contributed by atoms with van der Waals surface area (Å²) in [6, 6.07) is 11.2. The van der Waals surface area contributed by atoms with Crippen molar-refractivity contribution in [1.29, 1.82) is 0 Å². The number of ether oxygens (including phenoxy) is 1. The summed E-state index contributed by atoms with van der Waals surface area (Å²) < 4.78 is 5.56. The van der Waals surface area contributed by atoms with Gasteiger partial charge in [0, 0.05) is 31.4 Å². The minimum atomic E-state index is 0.408. The number of nitrogens with zero attached hydrogens (tertiary/aromatic N) is 2. The first-order valence-electron chi connectivity index (χ1n) is 7.59. The van der Waals surface area contributed by atoms with Crippen LogP contribution in [0.25, 0.3) is 0 Å². The van der Waals surface area contributed by atoms with Crippen LogP contribution in [0.15, 0.2) is 42.7 Å². The van der Waals surface area contributed by atoms with Gasteiger partial charge in [-0.15, -0.1) is 0 Å². The van der Waals surface area contributed by atoms with Crippen LogP contribution < -0.4 is 4.74 Å². The van der Waals surface area contributed by atoms with E-state index in [1.54, 1.807) is 0 Å². The van der Waals surface area contributed by atoms with Crippen molar-refractivity contribution in [2.75, 3.05) is 20.2 Å². The highest BCUT2D eigenvalue weighted by Gasteiger charge is 2.14. The molecule has 1 atom stereocenters. The maximum absolute atomic E-state index is 5.56. The highest BCUT2D eigenvalue weighted by atomic mass is 16.5. The standard InChI is InChI=1S/C18H22N2O/c1-14(16-5-9-19-10-6-16)20(2)11-7-15-3-4-18-17(13-15)8-12-21-18/h3-6,9-10,13-14H,7-8,11-12H2,1-2H3/t14-/m1/s1. The predicted octanol–water partition coefficient (Wildman–Crippen LogP) is 3.25. The summed E-state index contributed by atoms with van der Waals surface area (Å²) >= 11 is 0. The molecule has 0 saturated carbocycles. The molecule has 2 aromatic rings. The Balaban J connectivity index is 1.59. The number of rotatable bonds is 5. The Kier molecular flexibility index (Phi) is 4.20. The van der Waals surface area contributed by atoms with Crippen LogP contribution >= 0.6 is 0 Å². The fourth-order valence-electron chi connectivity index (χ4n) is 2.79. The van der Waals surface area contributed by atoms with E-state index >= 15 is 0 Å². The van der Waals surface area contributed by atoms with Crippen LogP contribution in [0.2, 0.25) is 0 Å². The number of aromatic nitrogens is 1. The van der Waals surface area contributed by atoms with E-state index in [-0.39, 0.29) is 0 Å². The Morgan fingerprint density at radius 2 is 2.05 bits per heavy atom. The number of likely N-dealkylation sites (N-methyl/N-ethyl adjacent to an activating group) is 1. The van der Waals surface area contributed by atoms with Crippen LogP contribution in [0.1, 0.15) is 29.7 Å². The van der Waals surface area contributed by atoms with Crippen LogP contribution in [0, 0.1) is 0 Å². The van der Waals surface area contributed by atoms with Crippen molar-refractivity contribution in [1.82, 2.24) is 9.88 Å². The average Bonchev–Trinajstić information content (AvgIpc) is 3.00. The van der Waals surface area contributed by atoms with Crippen LogP contribution in [0.5, 0.6) is 5.75 Å². The molecule has 3 heteroatoms. The van der Waals surface area contributed by atoms with Gasteiger partial charge in [0.05, 0.1) is 6.61 Å². The van der Waals surface area contributed by atoms with E-state index in [0.717, 1.165) is 31.7 Å². The molecule has 2 heterocycles. The summed E-state index contributed by atoms with van der Waals surface area (Å²) in [4.78, 5) is 6.47. The van der Waals surface area contributed by atoms with Crippen LogP contribution in [0.3, 0.4) is 0 Å². The molecule has 0 aliphatic carbocycles. The molecule has 0 saturated heterocycles. The van der Waals surface area contributed by atoms with E-state index < -0.39 is 0 Å². The Bertz CT molecular complexity index is 597. The molecule has 1 aromatic carbocycles. The molecule has 1 aliphatic rings. The number of hydrogen-bond donors (Lipinski definition) is 0. The van der Waals surface area contributed by atoms with E-state index in [0.29, 0.717) is 6.04 Å². The van der Waals surface area contributed by atoms with Gasteiger partial charge < -0.3 is 4.74 Å². The van der Waals surface area contributed by atoms with Gasteiger partial charge in [0.15, 0.2) is 0 Å². The molecular formula is C18H22N2O. The van der Waals surface area contributed by atoms with Gasteiger partial charge in [0.1, 0.15) is 5.75 Å². The van der Waals surface area contributed by atoms with Gasteiger partial charge in [-0.1, -0.05) is 12.1 Å². The summed E-state index contributed by atoms with van der Waals surface area (Å²) in [5, 5.41) is 0. The van der Waals surface area contributed by atoms with E-state index in [4.69, 9.17) is 4.74 Å². The molecule has 0 fully saturated rings.